The van der Waals surface area contributed by atoms with Gasteiger partial charge in [-0.15, -0.1) is 24.0 Å². The van der Waals surface area contributed by atoms with Crippen LogP contribution < -0.4 is 15.5 Å². The van der Waals surface area contributed by atoms with Crippen molar-refractivity contribution < 1.29 is 0 Å². The average Bonchev–Trinajstić information content (AvgIpc) is 3.09. The molecule has 0 saturated carbocycles. The predicted octanol–water partition coefficient (Wildman–Crippen LogP) is 3.37. The molecule has 1 aromatic heterocycles. The molecule has 1 aliphatic rings. The molecule has 3 rings (SSSR count). The number of fused-ring (bicyclic) bond motifs is 1. The molecule has 28 heavy (non-hydrogen) atoms. The lowest BCUT2D eigenvalue weighted by molar-refractivity contribution is 0.499. The van der Waals surface area contributed by atoms with Gasteiger partial charge in [-0.05, 0) is 49.9 Å². The molecule has 1 heterocycles. The topological polar surface area (TPSA) is 57.5 Å². The van der Waals surface area contributed by atoms with Gasteiger partial charge >= 0.3 is 0 Å². The van der Waals surface area contributed by atoms with Crippen molar-refractivity contribution in [3.63, 3.8) is 0 Å². The first-order valence-electron chi connectivity index (χ1n) is 9.76. The average molecular weight is 496 g/mol. The molecular formula is C21H33IN6. The zero-order valence-corrected chi connectivity index (χ0v) is 19.9. The minimum absolute atomic E-state index is 0. The molecule has 2 N–H and O–H groups in total. The van der Waals surface area contributed by atoms with Crippen molar-refractivity contribution in [2.45, 2.75) is 51.7 Å². The summed E-state index contributed by atoms with van der Waals surface area (Å²) in [5.74, 6) is 0.849. The highest BCUT2D eigenvalue weighted by atomic mass is 127. The molecular weight excluding hydrogens is 463 g/mol. The number of aryl methyl sites for hydroxylation is 1. The van der Waals surface area contributed by atoms with Crippen LogP contribution >= 0.6 is 24.0 Å². The van der Waals surface area contributed by atoms with Crippen molar-refractivity contribution >= 4 is 35.6 Å². The quantitative estimate of drug-likeness (QED) is 0.379. The highest BCUT2D eigenvalue weighted by molar-refractivity contribution is 14.0. The van der Waals surface area contributed by atoms with Crippen LogP contribution in [0, 0.1) is 0 Å². The molecule has 0 saturated heterocycles. The Bertz CT molecular complexity index is 796. The summed E-state index contributed by atoms with van der Waals surface area (Å²) >= 11 is 0. The number of aromatic nitrogens is 2. The van der Waals surface area contributed by atoms with E-state index in [1.807, 2.05) is 7.05 Å². The van der Waals surface area contributed by atoms with Gasteiger partial charge in [-0.3, -0.25) is 9.67 Å². The molecule has 0 fully saturated rings. The minimum atomic E-state index is 0. The Morgan fingerprint density at radius 2 is 2.14 bits per heavy atom. The van der Waals surface area contributed by atoms with Crippen molar-refractivity contribution in [2.75, 3.05) is 26.0 Å². The van der Waals surface area contributed by atoms with E-state index < -0.39 is 0 Å². The summed E-state index contributed by atoms with van der Waals surface area (Å²) in [7, 11) is 5.95. The summed E-state index contributed by atoms with van der Waals surface area (Å²) in [6.07, 6.45) is 5.34. The number of guanidine groups is 1. The van der Waals surface area contributed by atoms with E-state index in [9.17, 15) is 0 Å². The summed E-state index contributed by atoms with van der Waals surface area (Å²) in [5, 5.41) is 11.8. The van der Waals surface area contributed by atoms with E-state index in [2.05, 4.69) is 83.6 Å². The second-order valence-electron chi connectivity index (χ2n) is 7.75. The fourth-order valence-electron chi connectivity index (χ4n) is 3.42. The zero-order chi connectivity index (χ0) is 19.4. The standard InChI is InChI=1S/C21H32N6.HI/c1-15(2)27-14-17-9-10-18(12-20(17)25-27)24-21(22-3)23-13-16-7-6-8-19(11-16)26(4)5;/h6-8,11,14-15,18H,9-10,12-13H2,1-5H3,(H2,22,23,24);1H. The number of hydrogen-bond donors (Lipinski definition) is 2. The molecule has 0 aliphatic heterocycles. The van der Waals surface area contributed by atoms with Crippen molar-refractivity contribution in [1.29, 1.82) is 0 Å². The van der Waals surface area contributed by atoms with E-state index in [0.29, 0.717) is 12.1 Å². The number of hydrogen-bond acceptors (Lipinski definition) is 3. The summed E-state index contributed by atoms with van der Waals surface area (Å²) in [6.45, 7) is 5.10. The van der Waals surface area contributed by atoms with E-state index in [1.54, 1.807) is 0 Å². The third-order valence-corrected chi connectivity index (χ3v) is 5.08. The fourth-order valence-corrected chi connectivity index (χ4v) is 3.42. The molecule has 1 unspecified atom stereocenters. The SMILES string of the molecule is CN=C(NCc1cccc(N(C)C)c1)NC1CCc2cn(C(C)C)nc2C1.I. The Morgan fingerprint density at radius 1 is 1.36 bits per heavy atom. The van der Waals surface area contributed by atoms with Crippen LogP contribution in [-0.4, -0.2) is 42.9 Å². The van der Waals surface area contributed by atoms with Gasteiger partial charge in [0.25, 0.3) is 0 Å². The Morgan fingerprint density at radius 3 is 2.82 bits per heavy atom. The predicted molar refractivity (Wildman–Crippen MR) is 128 cm³/mol. The maximum absolute atomic E-state index is 4.77. The second kappa shape index (κ2) is 10.1. The number of rotatable bonds is 5. The van der Waals surface area contributed by atoms with Crippen molar-refractivity contribution in [2.24, 2.45) is 4.99 Å². The maximum atomic E-state index is 4.77. The van der Waals surface area contributed by atoms with Gasteiger partial charge in [0.15, 0.2) is 5.96 Å². The minimum Gasteiger partial charge on any atom is -0.378 e. The van der Waals surface area contributed by atoms with Crippen LogP contribution in [0.1, 0.15) is 43.1 Å². The smallest absolute Gasteiger partial charge is 0.191 e. The second-order valence-corrected chi connectivity index (χ2v) is 7.75. The molecule has 6 nitrogen and oxygen atoms in total. The van der Waals surface area contributed by atoms with Crippen LogP contribution in [0.2, 0.25) is 0 Å². The van der Waals surface area contributed by atoms with Gasteiger partial charge < -0.3 is 15.5 Å². The van der Waals surface area contributed by atoms with Gasteiger partial charge in [0.2, 0.25) is 0 Å². The fraction of sp³-hybridized carbons (Fsp3) is 0.524. The summed E-state index contributed by atoms with van der Waals surface area (Å²) < 4.78 is 2.08. The molecule has 0 amide bonds. The monoisotopic (exact) mass is 496 g/mol. The van der Waals surface area contributed by atoms with Gasteiger partial charge in [0.1, 0.15) is 0 Å². The summed E-state index contributed by atoms with van der Waals surface area (Å²) in [5.41, 5.74) is 5.07. The molecule has 0 spiro atoms. The van der Waals surface area contributed by atoms with Gasteiger partial charge in [-0.2, -0.15) is 5.10 Å². The number of nitrogens with one attached hydrogen (secondary N) is 2. The van der Waals surface area contributed by atoms with Gasteiger partial charge in [-0.1, -0.05) is 12.1 Å². The Balaban J connectivity index is 0.00000280. The van der Waals surface area contributed by atoms with E-state index >= 15 is 0 Å². The lowest BCUT2D eigenvalue weighted by Gasteiger charge is -2.24. The highest BCUT2D eigenvalue weighted by Gasteiger charge is 2.23. The van der Waals surface area contributed by atoms with E-state index in [-0.39, 0.29) is 24.0 Å². The number of anilines is 1. The first kappa shape index (κ1) is 22.5. The third-order valence-electron chi connectivity index (χ3n) is 5.08. The van der Waals surface area contributed by atoms with Crippen LogP contribution in [0.25, 0.3) is 0 Å². The van der Waals surface area contributed by atoms with Gasteiger partial charge in [0.05, 0.1) is 5.69 Å². The Labute approximate surface area is 185 Å². The van der Waals surface area contributed by atoms with Gasteiger partial charge in [0, 0.05) is 58.1 Å². The van der Waals surface area contributed by atoms with Crippen molar-refractivity contribution in [3.05, 3.63) is 47.3 Å². The Kier molecular flexibility index (Phi) is 8.15. The third kappa shape index (κ3) is 5.62. The molecule has 1 atom stereocenters. The normalized spacial score (nSPS) is 16.4. The van der Waals surface area contributed by atoms with Crippen molar-refractivity contribution in [3.8, 4) is 0 Å². The lowest BCUT2D eigenvalue weighted by Crippen LogP contribution is -2.45. The largest absolute Gasteiger partial charge is 0.378 e. The molecule has 2 aromatic rings. The number of aliphatic imine (C=N–C) groups is 1. The first-order chi connectivity index (χ1) is 13.0. The van der Waals surface area contributed by atoms with Crippen molar-refractivity contribution in [1.82, 2.24) is 20.4 Å². The van der Waals surface area contributed by atoms with E-state index in [4.69, 9.17) is 5.10 Å². The molecule has 7 heteroatoms. The maximum Gasteiger partial charge on any atom is 0.191 e. The highest BCUT2D eigenvalue weighted by Crippen LogP contribution is 2.21. The zero-order valence-electron chi connectivity index (χ0n) is 17.6. The molecule has 0 radical (unpaired) electrons. The van der Waals surface area contributed by atoms with Crippen LogP contribution in [-0.2, 0) is 19.4 Å². The summed E-state index contributed by atoms with van der Waals surface area (Å²) in [6, 6.07) is 9.33. The first-order valence-corrected chi connectivity index (χ1v) is 9.76. The van der Waals surface area contributed by atoms with E-state index in [0.717, 1.165) is 31.8 Å². The molecule has 0 bridgehead atoms. The Hall–Kier alpha value is -1.77. The van der Waals surface area contributed by atoms with Crippen LogP contribution in [0.5, 0.6) is 0 Å². The van der Waals surface area contributed by atoms with Crippen LogP contribution in [0.15, 0.2) is 35.5 Å². The van der Waals surface area contributed by atoms with Gasteiger partial charge in [-0.25, -0.2) is 0 Å². The molecule has 1 aromatic carbocycles. The molecule has 1 aliphatic carbocycles. The van der Waals surface area contributed by atoms with Crippen LogP contribution in [0.4, 0.5) is 5.69 Å². The lowest BCUT2D eigenvalue weighted by atomic mass is 9.94. The number of halogens is 1. The van der Waals surface area contributed by atoms with Crippen LogP contribution in [0.3, 0.4) is 0 Å². The number of benzene rings is 1. The number of nitrogens with zero attached hydrogens (tertiary/aromatic N) is 4. The summed E-state index contributed by atoms with van der Waals surface area (Å²) in [4.78, 5) is 6.52. The van der Waals surface area contributed by atoms with E-state index in [1.165, 1.54) is 22.5 Å². The molecule has 154 valence electrons.